The number of anilines is 4. The van der Waals surface area contributed by atoms with Crippen molar-refractivity contribution < 1.29 is 23.0 Å². The van der Waals surface area contributed by atoms with Gasteiger partial charge >= 0.3 is 5.97 Å². The summed E-state index contributed by atoms with van der Waals surface area (Å²) in [5, 5.41) is 15.1. The molecule has 1 aliphatic rings. The van der Waals surface area contributed by atoms with E-state index in [0.717, 1.165) is 25.0 Å². The Labute approximate surface area is 229 Å². The van der Waals surface area contributed by atoms with Gasteiger partial charge in [0.05, 0.1) is 24.8 Å². The first-order valence-electron chi connectivity index (χ1n) is 13.4. The highest BCUT2D eigenvalue weighted by molar-refractivity contribution is 6.02. The summed E-state index contributed by atoms with van der Waals surface area (Å²) in [5.74, 6) is 1.51. The number of nitrogens with zero attached hydrogens (tertiary/aromatic N) is 4. The number of rotatable bonds is 13. The maximum absolute atomic E-state index is 12.2. The number of hydrogen-bond donors (Lipinski definition) is 3. The molecule has 0 bridgehead atoms. The van der Waals surface area contributed by atoms with Crippen LogP contribution in [0.4, 0.5) is 32.1 Å². The van der Waals surface area contributed by atoms with Crippen molar-refractivity contribution in [1.82, 2.24) is 15.0 Å². The van der Waals surface area contributed by atoms with Crippen molar-refractivity contribution in [3.05, 3.63) is 29.6 Å². The summed E-state index contributed by atoms with van der Waals surface area (Å²) in [5.41, 5.74) is 2.58. The van der Waals surface area contributed by atoms with Gasteiger partial charge in [-0.2, -0.15) is 4.98 Å². The van der Waals surface area contributed by atoms with Crippen LogP contribution in [-0.4, -0.2) is 73.0 Å². The first-order valence-corrected chi connectivity index (χ1v) is 13.4. The van der Waals surface area contributed by atoms with Crippen LogP contribution in [0.25, 0.3) is 0 Å². The van der Waals surface area contributed by atoms with Crippen LogP contribution in [0.5, 0.6) is 0 Å². The van der Waals surface area contributed by atoms with E-state index in [0.29, 0.717) is 80.4 Å². The van der Waals surface area contributed by atoms with E-state index in [4.69, 9.17) is 24.9 Å². The normalized spacial score (nSPS) is 13.3. The van der Waals surface area contributed by atoms with E-state index < -0.39 is 6.93 Å². The van der Waals surface area contributed by atoms with Crippen molar-refractivity contribution in [1.29, 1.82) is 5.41 Å². The first kappa shape index (κ1) is 31.8. The number of pyridine rings is 1. The Bertz CT molecular complexity index is 1050. The molecule has 3 heterocycles. The van der Waals surface area contributed by atoms with Crippen LogP contribution in [0, 0.1) is 18.3 Å². The second-order valence-electron chi connectivity index (χ2n) is 9.07. The van der Waals surface area contributed by atoms with Gasteiger partial charge < -0.3 is 30.4 Å². The third-order valence-corrected chi connectivity index (χ3v) is 6.00. The maximum Gasteiger partial charge on any atom is 0.309 e. The summed E-state index contributed by atoms with van der Waals surface area (Å²) in [6.45, 7) is 9.44. The van der Waals surface area contributed by atoms with Gasteiger partial charge in [-0.15, -0.1) is 0 Å². The number of alkyl halides is 2. The van der Waals surface area contributed by atoms with Crippen molar-refractivity contribution >= 4 is 35.0 Å². The number of hydrogen-bond acceptors (Lipinski definition) is 10. The number of carbonyl (C=O) groups excluding carboxylic acids is 1. The molecule has 2 aromatic heterocycles. The van der Waals surface area contributed by atoms with Gasteiger partial charge in [-0.3, -0.25) is 4.79 Å². The average Bonchev–Trinajstić information content (AvgIpc) is 2.91. The molecule has 0 atom stereocenters. The van der Waals surface area contributed by atoms with Gasteiger partial charge in [0, 0.05) is 32.4 Å². The van der Waals surface area contributed by atoms with Crippen molar-refractivity contribution in [3.63, 3.8) is 0 Å². The molecule has 1 aliphatic heterocycles. The number of unbranched alkanes of at least 4 members (excludes halogenated alkanes) is 1. The number of nitrogens with one attached hydrogen (secondary N) is 3. The van der Waals surface area contributed by atoms with Gasteiger partial charge in [-0.05, 0) is 57.7 Å². The zero-order valence-corrected chi connectivity index (χ0v) is 23.4. The van der Waals surface area contributed by atoms with Gasteiger partial charge in [-0.25, -0.2) is 18.7 Å². The molecule has 216 valence electrons. The molecule has 0 spiro atoms. The van der Waals surface area contributed by atoms with Gasteiger partial charge in [0.1, 0.15) is 17.2 Å². The number of halogens is 2. The zero-order chi connectivity index (χ0) is 28.6. The minimum absolute atomic E-state index is 0.104. The van der Waals surface area contributed by atoms with E-state index >= 15 is 0 Å². The van der Waals surface area contributed by atoms with Gasteiger partial charge in [0.2, 0.25) is 12.9 Å². The van der Waals surface area contributed by atoms with Crippen molar-refractivity contribution in [2.45, 2.75) is 53.4 Å². The van der Waals surface area contributed by atoms with E-state index in [1.54, 1.807) is 13.1 Å². The molecule has 3 N–H and O–H groups in total. The molecule has 2 aromatic rings. The number of esters is 1. The maximum atomic E-state index is 12.2. The largest absolute Gasteiger partial charge is 0.466 e. The first-order chi connectivity index (χ1) is 18.8. The summed E-state index contributed by atoms with van der Waals surface area (Å²) in [6, 6.07) is 3.88. The highest BCUT2D eigenvalue weighted by Crippen LogP contribution is 2.31. The standard InChI is InChI=1S/C26H39N7O3.CH2F2/c1-5-7-15-35-16-12-29-23-22(19(4)27)31-26(32-24(23)30-21-17-18(3)8-11-28-21)33-13-9-20(10-14-33)25(34)36-6-2;2-1-3/h8,11,17,20,27,29H,5-7,9-10,12-16H2,1-4H3,(H,28,30,31,32);1H2. The van der Waals surface area contributed by atoms with Gasteiger partial charge in [-0.1, -0.05) is 13.3 Å². The fraction of sp³-hybridized carbons (Fsp3) is 0.593. The summed E-state index contributed by atoms with van der Waals surface area (Å²) >= 11 is 0. The number of piperidine rings is 1. The number of carbonyl (C=O) groups is 1. The Kier molecular flexibility index (Phi) is 14.1. The fourth-order valence-corrected chi connectivity index (χ4v) is 4.02. The Hall–Kier alpha value is -3.41. The molecule has 12 heteroatoms. The average molecular weight is 550 g/mol. The highest BCUT2D eigenvalue weighted by Gasteiger charge is 2.28. The highest BCUT2D eigenvalue weighted by atomic mass is 19.3. The summed E-state index contributed by atoms with van der Waals surface area (Å²) in [7, 11) is 0. The van der Waals surface area contributed by atoms with Gasteiger partial charge in [0.15, 0.2) is 5.82 Å². The Morgan fingerprint density at radius 1 is 1.21 bits per heavy atom. The lowest BCUT2D eigenvalue weighted by Gasteiger charge is -2.31. The van der Waals surface area contributed by atoms with Crippen LogP contribution in [-0.2, 0) is 14.3 Å². The Morgan fingerprint density at radius 2 is 1.92 bits per heavy atom. The number of aromatic nitrogens is 3. The molecule has 0 aromatic carbocycles. The molecule has 1 saturated heterocycles. The van der Waals surface area contributed by atoms with E-state index in [-0.39, 0.29) is 11.9 Å². The molecular formula is C27H41F2N7O3. The molecule has 39 heavy (non-hydrogen) atoms. The number of aryl methyl sites for hydroxylation is 1. The smallest absolute Gasteiger partial charge is 0.309 e. The quantitative estimate of drug-likeness (QED) is 0.176. The monoisotopic (exact) mass is 549 g/mol. The molecule has 1 fully saturated rings. The second kappa shape index (κ2) is 17.2. The van der Waals surface area contributed by atoms with Gasteiger partial charge in [0.25, 0.3) is 0 Å². The molecular weight excluding hydrogens is 508 g/mol. The Morgan fingerprint density at radius 3 is 2.54 bits per heavy atom. The molecule has 0 unspecified atom stereocenters. The summed E-state index contributed by atoms with van der Waals surface area (Å²) < 4.78 is 30.1. The molecule has 3 rings (SSSR count). The number of ether oxygens (including phenoxy) is 2. The Balaban J connectivity index is 0.00000170. The lowest BCUT2D eigenvalue weighted by molar-refractivity contribution is -0.148. The summed E-state index contributed by atoms with van der Waals surface area (Å²) in [4.78, 5) is 28.3. The van der Waals surface area contributed by atoms with Crippen molar-refractivity contribution in [2.75, 3.05) is 61.9 Å². The molecule has 0 radical (unpaired) electrons. The topological polar surface area (TPSA) is 125 Å². The third kappa shape index (κ3) is 10.3. The van der Waals surface area contributed by atoms with Crippen LogP contribution in [0.1, 0.15) is 57.7 Å². The lowest BCUT2D eigenvalue weighted by atomic mass is 9.97. The van der Waals surface area contributed by atoms with Crippen LogP contribution in [0.2, 0.25) is 0 Å². The fourth-order valence-electron chi connectivity index (χ4n) is 4.02. The van der Waals surface area contributed by atoms with E-state index in [2.05, 4.69) is 27.4 Å². The van der Waals surface area contributed by atoms with E-state index in [1.165, 1.54) is 0 Å². The minimum atomic E-state index is -1.75. The zero-order valence-electron chi connectivity index (χ0n) is 23.4. The predicted molar refractivity (Wildman–Crippen MR) is 150 cm³/mol. The summed E-state index contributed by atoms with van der Waals surface area (Å²) in [6.07, 6.45) is 5.23. The van der Waals surface area contributed by atoms with E-state index in [9.17, 15) is 13.6 Å². The third-order valence-electron chi connectivity index (χ3n) is 6.00. The van der Waals surface area contributed by atoms with Crippen molar-refractivity contribution in [2.24, 2.45) is 5.92 Å². The van der Waals surface area contributed by atoms with Crippen LogP contribution in [0.15, 0.2) is 18.3 Å². The van der Waals surface area contributed by atoms with E-state index in [1.807, 2.05) is 26.0 Å². The lowest BCUT2D eigenvalue weighted by Crippen LogP contribution is -2.38. The van der Waals surface area contributed by atoms with Crippen LogP contribution >= 0.6 is 0 Å². The molecule has 10 nitrogen and oxygen atoms in total. The van der Waals surface area contributed by atoms with Crippen LogP contribution < -0.4 is 15.5 Å². The molecule has 0 amide bonds. The van der Waals surface area contributed by atoms with Crippen LogP contribution in [0.3, 0.4) is 0 Å². The second-order valence-corrected chi connectivity index (χ2v) is 9.07. The molecule has 0 aliphatic carbocycles. The minimum Gasteiger partial charge on any atom is -0.466 e. The predicted octanol–water partition coefficient (Wildman–Crippen LogP) is 5.20. The molecule has 0 saturated carbocycles. The SMILES string of the molecule is CCCCOCCNc1c(Nc2cc(C)ccn2)nc(N2CCC(C(=O)OCC)CC2)nc1C(C)=N.FCF. The van der Waals surface area contributed by atoms with Crippen molar-refractivity contribution in [3.8, 4) is 0 Å².